The molecule has 0 heterocycles. The number of hydrogen-bond acceptors (Lipinski definition) is 3. The zero-order valence-electron chi connectivity index (χ0n) is 14.3. The highest BCUT2D eigenvalue weighted by Crippen LogP contribution is 2.13. The van der Waals surface area contributed by atoms with Gasteiger partial charge in [0.15, 0.2) is 5.78 Å². The van der Waals surface area contributed by atoms with Crippen LogP contribution in [0.15, 0.2) is 12.7 Å². The predicted molar refractivity (Wildman–Crippen MR) is 91.9 cm³/mol. The smallest absolute Gasteiger partial charge is 0.183 e. The fourth-order valence-electron chi connectivity index (χ4n) is 2.58. The van der Waals surface area contributed by atoms with E-state index in [9.17, 15) is 14.7 Å². The molecule has 0 aromatic heterocycles. The van der Waals surface area contributed by atoms with Crippen LogP contribution in [0.3, 0.4) is 0 Å². The van der Waals surface area contributed by atoms with Gasteiger partial charge in [-0.25, -0.2) is 0 Å². The Morgan fingerprint density at radius 1 is 0.864 bits per heavy atom. The first-order valence-electron chi connectivity index (χ1n) is 8.91. The van der Waals surface area contributed by atoms with Crippen molar-refractivity contribution in [1.29, 1.82) is 0 Å². The van der Waals surface area contributed by atoms with Crippen LogP contribution in [-0.4, -0.2) is 22.8 Å². The number of rotatable bonds is 16. The predicted octanol–water partition coefficient (Wildman–Crippen LogP) is 4.76. The Hall–Kier alpha value is -0.960. The first kappa shape index (κ1) is 21.0. The minimum atomic E-state index is -0.847. The molecule has 0 aromatic carbocycles. The van der Waals surface area contributed by atoms with Crippen LogP contribution in [0.4, 0.5) is 0 Å². The van der Waals surface area contributed by atoms with Gasteiger partial charge in [0.1, 0.15) is 11.9 Å². The van der Waals surface area contributed by atoms with Crippen molar-refractivity contribution < 1.29 is 14.7 Å². The molecule has 0 aromatic rings. The highest BCUT2D eigenvalue weighted by Gasteiger charge is 2.09. The van der Waals surface area contributed by atoms with Crippen LogP contribution in [0.1, 0.15) is 90.4 Å². The van der Waals surface area contributed by atoms with Gasteiger partial charge in [-0.15, -0.1) is 0 Å². The van der Waals surface area contributed by atoms with Gasteiger partial charge in [-0.1, -0.05) is 70.8 Å². The van der Waals surface area contributed by atoms with Crippen molar-refractivity contribution in [2.75, 3.05) is 0 Å². The monoisotopic (exact) mass is 310 g/mol. The number of hydrogen-bond donors (Lipinski definition) is 1. The lowest BCUT2D eigenvalue weighted by Crippen LogP contribution is -2.17. The summed E-state index contributed by atoms with van der Waals surface area (Å²) >= 11 is 0. The zero-order valence-corrected chi connectivity index (χ0v) is 14.3. The van der Waals surface area contributed by atoms with Gasteiger partial charge < -0.3 is 9.90 Å². The minimum Gasteiger partial charge on any atom is -0.385 e. The summed E-state index contributed by atoms with van der Waals surface area (Å²) in [6.45, 7) is 5.04. The van der Waals surface area contributed by atoms with E-state index < -0.39 is 6.10 Å². The maximum atomic E-state index is 11.1. The third-order valence-corrected chi connectivity index (χ3v) is 4.04. The Morgan fingerprint density at radius 3 is 1.68 bits per heavy atom. The molecule has 0 spiro atoms. The van der Waals surface area contributed by atoms with Crippen molar-refractivity contribution in [3.8, 4) is 0 Å². The highest BCUT2D eigenvalue weighted by atomic mass is 16.3. The molecule has 0 amide bonds. The van der Waals surface area contributed by atoms with Crippen molar-refractivity contribution in [2.45, 2.75) is 96.5 Å². The van der Waals surface area contributed by atoms with E-state index in [1.807, 2.05) is 0 Å². The lowest BCUT2D eigenvalue weighted by atomic mass is 10.0. The molecule has 128 valence electrons. The van der Waals surface area contributed by atoms with E-state index in [1.165, 1.54) is 57.4 Å². The van der Waals surface area contributed by atoms with Crippen molar-refractivity contribution in [3.63, 3.8) is 0 Å². The lowest BCUT2D eigenvalue weighted by molar-refractivity contribution is -0.122. The van der Waals surface area contributed by atoms with Crippen molar-refractivity contribution >= 4 is 11.6 Å². The van der Waals surface area contributed by atoms with Gasteiger partial charge in [0, 0.05) is 6.42 Å². The summed E-state index contributed by atoms with van der Waals surface area (Å²) in [5, 5.41) is 9.47. The third kappa shape index (κ3) is 14.0. The number of Topliss-reactive ketones (excluding diaryl/α,β-unsaturated/α-hetero) is 1. The zero-order chi connectivity index (χ0) is 16.6. The first-order valence-corrected chi connectivity index (χ1v) is 8.91. The standard InChI is InChI=1S/C19H34O3/c1-3-18(21)19(22)16-14-12-10-8-6-4-5-7-9-11-13-15-17(2)20/h3,19,22H,1,4-16H2,2H3. The molecule has 0 saturated carbocycles. The number of aliphatic hydroxyl groups excluding tert-OH is 1. The summed E-state index contributed by atoms with van der Waals surface area (Å²) in [6.07, 6.45) is 14.7. The summed E-state index contributed by atoms with van der Waals surface area (Å²) in [7, 11) is 0. The second kappa shape index (κ2) is 15.0. The van der Waals surface area contributed by atoms with E-state index in [-0.39, 0.29) is 5.78 Å². The number of ketones is 2. The van der Waals surface area contributed by atoms with Gasteiger partial charge in [-0.2, -0.15) is 0 Å². The van der Waals surface area contributed by atoms with E-state index >= 15 is 0 Å². The Kier molecular flexibility index (Phi) is 14.3. The Bertz CT molecular complexity index is 310. The quantitative estimate of drug-likeness (QED) is 0.330. The number of unbranched alkanes of at least 4 members (excludes halogenated alkanes) is 10. The molecule has 1 unspecified atom stereocenters. The maximum absolute atomic E-state index is 11.1. The molecule has 0 aliphatic rings. The first-order chi connectivity index (χ1) is 10.6. The third-order valence-electron chi connectivity index (χ3n) is 4.04. The van der Waals surface area contributed by atoms with Crippen LogP contribution in [-0.2, 0) is 9.59 Å². The summed E-state index contributed by atoms with van der Waals surface area (Å²) in [6, 6.07) is 0. The second-order valence-corrected chi connectivity index (χ2v) is 6.25. The molecule has 0 radical (unpaired) electrons. The van der Waals surface area contributed by atoms with E-state index in [2.05, 4.69) is 6.58 Å². The average molecular weight is 310 g/mol. The largest absolute Gasteiger partial charge is 0.385 e. The fraction of sp³-hybridized carbons (Fsp3) is 0.789. The molecule has 0 aliphatic carbocycles. The van der Waals surface area contributed by atoms with E-state index in [1.54, 1.807) is 6.92 Å². The number of carbonyl (C=O) groups excluding carboxylic acids is 2. The summed E-state index contributed by atoms with van der Waals surface area (Å²) in [4.78, 5) is 21.9. The van der Waals surface area contributed by atoms with Crippen LogP contribution < -0.4 is 0 Å². The van der Waals surface area contributed by atoms with Crippen LogP contribution in [0.2, 0.25) is 0 Å². The molecule has 3 heteroatoms. The Labute approximate surface area is 136 Å². The maximum Gasteiger partial charge on any atom is 0.183 e. The minimum absolute atomic E-state index is 0.261. The second-order valence-electron chi connectivity index (χ2n) is 6.25. The van der Waals surface area contributed by atoms with Gasteiger partial charge in [0.2, 0.25) is 0 Å². The Balaban J connectivity index is 3.16. The molecule has 1 atom stereocenters. The SMILES string of the molecule is C=CC(=O)C(O)CCCCCCCCCCCCCC(C)=O. The van der Waals surface area contributed by atoms with Crippen molar-refractivity contribution in [2.24, 2.45) is 0 Å². The van der Waals surface area contributed by atoms with E-state index in [4.69, 9.17) is 0 Å². The van der Waals surface area contributed by atoms with Gasteiger partial charge in [-0.3, -0.25) is 4.79 Å². The van der Waals surface area contributed by atoms with Gasteiger partial charge in [0.25, 0.3) is 0 Å². The molecular formula is C19H34O3. The van der Waals surface area contributed by atoms with Crippen LogP contribution in [0.25, 0.3) is 0 Å². The van der Waals surface area contributed by atoms with Crippen molar-refractivity contribution in [1.82, 2.24) is 0 Å². The Morgan fingerprint density at radius 2 is 1.27 bits per heavy atom. The fourth-order valence-corrected chi connectivity index (χ4v) is 2.58. The van der Waals surface area contributed by atoms with Crippen LogP contribution in [0, 0.1) is 0 Å². The van der Waals surface area contributed by atoms with E-state index in [0.29, 0.717) is 12.2 Å². The lowest BCUT2D eigenvalue weighted by Gasteiger charge is -2.06. The number of aliphatic hydroxyl groups is 1. The molecule has 22 heavy (non-hydrogen) atoms. The van der Waals surface area contributed by atoms with Gasteiger partial charge >= 0.3 is 0 Å². The molecular weight excluding hydrogens is 276 g/mol. The summed E-state index contributed by atoms with van der Waals surface area (Å²) in [5.41, 5.74) is 0. The molecule has 0 rings (SSSR count). The molecule has 3 nitrogen and oxygen atoms in total. The van der Waals surface area contributed by atoms with Gasteiger partial charge in [-0.05, 0) is 25.8 Å². The molecule has 0 fully saturated rings. The summed E-state index contributed by atoms with van der Waals surface area (Å²) < 4.78 is 0. The molecule has 0 aliphatic heterocycles. The summed E-state index contributed by atoms with van der Waals surface area (Å²) in [5.74, 6) is 0.0460. The normalized spacial score (nSPS) is 12.1. The van der Waals surface area contributed by atoms with Gasteiger partial charge in [0.05, 0.1) is 0 Å². The van der Waals surface area contributed by atoms with Crippen LogP contribution in [0.5, 0.6) is 0 Å². The van der Waals surface area contributed by atoms with Crippen LogP contribution >= 0.6 is 0 Å². The van der Waals surface area contributed by atoms with Crippen molar-refractivity contribution in [3.05, 3.63) is 12.7 Å². The molecule has 0 saturated heterocycles. The number of carbonyl (C=O) groups is 2. The topological polar surface area (TPSA) is 54.4 Å². The van der Waals surface area contributed by atoms with E-state index in [0.717, 1.165) is 25.7 Å². The average Bonchev–Trinajstić information content (AvgIpc) is 2.50. The molecule has 1 N–H and O–H groups in total. The highest BCUT2D eigenvalue weighted by molar-refractivity contribution is 5.92. The molecule has 0 bridgehead atoms.